The summed E-state index contributed by atoms with van der Waals surface area (Å²) in [4.78, 5) is 32.2. The van der Waals surface area contributed by atoms with E-state index >= 15 is 0 Å². The van der Waals surface area contributed by atoms with Crippen molar-refractivity contribution in [2.75, 3.05) is 4.90 Å². The Hall–Kier alpha value is -3.44. The van der Waals surface area contributed by atoms with Crippen LogP contribution in [0.25, 0.3) is 5.76 Å². The van der Waals surface area contributed by atoms with Gasteiger partial charge in [-0.25, -0.2) is 13.4 Å². The van der Waals surface area contributed by atoms with Crippen LogP contribution < -0.4 is 4.90 Å². The van der Waals surface area contributed by atoms with Crippen LogP contribution in [-0.2, 0) is 19.4 Å². The lowest BCUT2D eigenvalue weighted by atomic mass is 9.93. The van der Waals surface area contributed by atoms with E-state index in [1.165, 1.54) is 18.3 Å². The fourth-order valence-corrected chi connectivity index (χ4v) is 7.21. The molecule has 0 radical (unpaired) electrons. The summed E-state index contributed by atoms with van der Waals surface area (Å²) in [6.45, 7) is 3.71. The third kappa shape index (κ3) is 5.12. The van der Waals surface area contributed by atoms with Gasteiger partial charge in [0.1, 0.15) is 9.97 Å². The number of Topliss-reactive ketones (excluding diaryl/α,β-unsaturated/α-hetero) is 1. The SMILES string of the molecule is Cc1ccc(C(O)=C2C(=O)C(=O)N(c3ncc(S(=O)(=O)c4ccccc4)s3)C2c2cccc(Cl)c2)c(C)c1.S. The number of aliphatic hydroxyl groups is 1. The summed E-state index contributed by atoms with van der Waals surface area (Å²) < 4.78 is 26.2. The molecule has 1 atom stereocenters. The lowest BCUT2D eigenvalue weighted by Gasteiger charge is -2.23. The number of halogens is 1. The predicted octanol–water partition coefficient (Wildman–Crippen LogP) is 5.99. The topological polar surface area (TPSA) is 105 Å². The van der Waals surface area contributed by atoms with Gasteiger partial charge in [-0.15, -0.1) is 0 Å². The van der Waals surface area contributed by atoms with E-state index < -0.39 is 27.6 Å². The highest BCUT2D eigenvalue weighted by Gasteiger charge is 2.48. The van der Waals surface area contributed by atoms with Gasteiger partial charge in [-0.2, -0.15) is 13.5 Å². The molecule has 1 N–H and O–H groups in total. The molecule has 1 fully saturated rings. The van der Waals surface area contributed by atoms with Crippen molar-refractivity contribution in [2.45, 2.75) is 29.0 Å². The summed E-state index contributed by atoms with van der Waals surface area (Å²) in [6, 6.07) is 18.7. The minimum absolute atomic E-state index is 0. The fourth-order valence-electron chi connectivity index (χ4n) is 4.45. The predicted molar refractivity (Wildman–Crippen MR) is 157 cm³/mol. The number of anilines is 1. The fraction of sp³-hybridized carbons (Fsp3) is 0.107. The van der Waals surface area contributed by atoms with Crippen LogP contribution in [0.15, 0.2) is 93.7 Å². The first kappa shape index (κ1) is 28.6. The first-order valence-corrected chi connectivity index (χ1v) is 14.2. The quantitative estimate of drug-likeness (QED) is 0.172. The molecule has 0 bridgehead atoms. The molecule has 4 aromatic rings. The molecule has 1 aliphatic heterocycles. The maximum atomic E-state index is 13.4. The van der Waals surface area contributed by atoms with Gasteiger partial charge in [0.2, 0.25) is 9.84 Å². The number of benzene rings is 3. The summed E-state index contributed by atoms with van der Waals surface area (Å²) in [5, 5.41) is 11.7. The van der Waals surface area contributed by atoms with Crippen molar-refractivity contribution in [3.05, 3.63) is 112 Å². The minimum atomic E-state index is -3.90. The second-order valence-corrected chi connectivity index (χ2v) is 12.4. The summed E-state index contributed by atoms with van der Waals surface area (Å²) in [7, 11) is -3.90. The van der Waals surface area contributed by atoms with Crippen molar-refractivity contribution in [3.8, 4) is 0 Å². The summed E-state index contributed by atoms with van der Waals surface area (Å²) in [6.07, 6.45) is 1.17. The van der Waals surface area contributed by atoms with Crippen LogP contribution in [0, 0.1) is 13.8 Å². The standard InChI is InChI=1S/C28H21ClN2O5S2.H2S/c1-16-11-12-21(17(2)13-16)25(32)23-24(18-7-6-8-19(29)14-18)31(27(34)26(23)33)28-30-15-22(37-28)38(35,36)20-9-4-3-5-10-20;/h3-15,24,32H,1-2H3;1H2. The Morgan fingerprint density at radius 2 is 1.72 bits per heavy atom. The normalized spacial score (nSPS) is 16.8. The molecule has 1 saturated heterocycles. The van der Waals surface area contributed by atoms with Crippen LogP contribution in [0.3, 0.4) is 0 Å². The average molecular weight is 599 g/mol. The van der Waals surface area contributed by atoms with Gasteiger partial charge in [0.25, 0.3) is 5.78 Å². The van der Waals surface area contributed by atoms with Crippen LogP contribution in [0.2, 0.25) is 5.02 Å². The molecule has 0 saturated carbocycles. The maximum absolute atomic E-state index is 13.4. The van der Waals surface area contributed by atoms with Crippen LogP contribution in [0.4, 0.5) is 5.13 Å². The number of carbonyl (C=O) groups excluding carboxylic acids is 2. The van der Waals surface area contributed by atoms with Gasteiger partial charge in [-0.3, -0.25) is 14.5 Å². The molecule has 0 aliphatic carbocycles. The van der Waals surface area contributed by atoms with Gasteiger partial charge in [-0.05, 0) is 49.2 Å². The molecule has 39 heavy (non-hydrogen) atoms. The highest BCUT2D eigenvalue weighted by molar-refractivity contribution is 7.93. The maximum Gasteiger partial charge on any atom is 0.301 e. The number of aliphatic hydroxyl groups excluding tert-OH is 1. The molecule has 7 nitrogen and oxygen atoms in total. The van der Waals surface area contributed by atoms with E-state index in [1.807, 2.05) is 13.0 Å². The zero-order valence-electron chi connectivity index (χ0n) is 20.8. The molecule has 0 spiro atoms. The minimum Gasteiger partial charge on any atom is -0.507 e. The highest BCUT2D eigenvalue weighted by atomic mass is 35.5. The van der Waals surface area contributed by atoms with Crippen LogP contribution in [0.5, 0.6) is 0 Å². The Balaban J connectivity index is 0.00000353. The van der Waals surface area contributed by atoms with Crippen molar-refractivity contribution in [2.24, 2.45) is 0 Å². The number of ketones is 1. The van der Waals surface area contributed by atoms with Gasteiger partial charge < -0.3 is 5.11 Å². The molecule has 1 aromatic heterocycles. The lowest BCUT2D eigenvalue weighted by molar-refractivity contribution is -0.132. The summed E-state index contributed by atoms with van der Waals surface area (Å²) in [5.41, 5.74) is 2.44. The van der Waals surface area contributed by atoms with Crippen LogP contribution >= 0.6 is 36.4 Å². The third-order valence-electron chi connectivity index (χ3n) is 6.24. The Bertz CT molecular complexity index is 1730. The number of nitrogens with zero attached hydrogens (tertiary/aromatic N) is 2. The Kier molecular flexibility index (Phi) is 8.04. The zero-order chi connectivity index (χ0) is 27.2. The molecule has 1 unspecified atom stereocenters. The van der Waals surface area contributed by atoms with E-state index in [0.29, 0.717) is 16.1 Å². The van der Waals surface area contributed by atoms with Crippen molar-refractivity contribution < 1.29 is 23.1 Å². The number of amides is 1. The number of sulfone groups is 1. The van der Waals surface area contributed by atoms with Crippen molar-refractivity contribution >= 4 is 68.9 Å². The van der Waals surface area contributed by atoms with E-state index in [-0.39, 0.29) is 39.1 Å². The van der Waals surface area contributed by atoms with Gasteiger partial charge in [-0.1, -0.05) is 77.0 Å². The van der Waals surface area contributed by atoms with Gasteiger partial charge in [0.15, 0.2) is 5.13 Å². The number of aromatic nitrogens is 1. The molecule has 2 heterocycles. The molecule has 11 heteroatoms. The monoisotopic (exact) mass is 598 g/mol. The average Bonchev–Trinajstić information content (AvgIpc) is 3.48. The van der Waals surface area contributed by atoms with E-state index in [0.717, 1.165) is 27.4 Å². The second-order valence-electron chi connectivity index (χ2n) is 8.82. The molecule has 200 valence electrons. The number of rotatable bonds is 5. The number of carbonyl (C=O) groups is 2. The van der Waals surface area contributed by atoms with Gasteiger partial charge in [0.05, 0.1) is 22.7 Å². The van der Waals surface area contributed by atoms with Crippen molar-refractivity contribution in [1.29, 1.82) is 0 Å². The number of hydrogen-bond acceptors (Lipinski definition) is 7. The molecule has 3 aromatic carbocycles. The van der Waals surface area contributed by atoms with Gasteiger partial charge in [0, 0.05) is 10.6 Å². The van der Waals surface area contributed by atoms with Crippen LogP contribution in [-0.4, -0.2) is 30.2 Å². The molecule has 1 amide bonds. The Labute approximate surface area is 241 Å². The Morgan fingerprint density at radius 1 is 1.00 bits per heavy atom. The largest absolute Gasteiger partial charge is 0.507 e. The number of aryl methyl sites for hydroxylation is 2. The number of thiazole rings is 1. The van der Waals surface area contributed by atoms with Gasteiger partial charge >= 0.3 is 5.91 Å². The van der Waals surface area contributed by atoms with E-state index in [9.17, 15) is 23.1 Å². The van der Waals surface area contributed by atoms with E-state index in [2.05, 4.69) is 4.98 Å². The summed E-state index contributed by atoms with van der Waals surface area (Å²) >= 11 is 7.02. The van der Waals surface area contributed by atoms with Crippen LogP contribution in [0.1, 0.15) is 28.3 Å². The highest BCUT2D eigenvalue weighted by Crippen LogP contribution is 2.44. The number of hydrogen-bond donors (Lipinski definition) is 1. The first-order chi connectivity index (χ1) is 18.1. The lowest BCUT2D eigenvalue weighted by Crippen LogP contribution is -2.29. The Morgan fingerprint density at radius 3 is 2.38 bits per heavy atom. The second kappa shape index (κ2) is 11.0. The first-order valence-electron chi connectivity index (χ1n) is 11.5. The van der Waals surface area contributed by atoms with Crippen molar-refractivity contribution in [3.63, 3.8) is 0 Å². The zero-order valence-corrected chi connectivity index (χ0v) is 24.1. The molecule has 1 aliphatic rings. The summed E-state index contributed by atoms with van der Waals surface area (Å²) in [5.74, 6) is -2.17. The molecular weight excluding hydrogens is 576 g/mol. The van der Waals surface area contributed by atoms with Crippen molar-refractivity contribution in [1.82, 2.24) is 4.98 Å². The molecule has 5 rings (SSSR count). The molecular formula is C28H23ClN2O5S3. The van der Waals surface area contributed by atoms with E-state index in [4.69, 9.17) is 11.6 Å². The van der Waals surface area contributed by atoms with E-state index in [1.54, 1.807) is 61.5 Å². The third-order valence-corrected chi connectivity index (χ3v) is 9.71. The smallest absolute Gasteiger partial charge is 0.301 e.